The molecule has 0 saturated heterocycles. The van der Waals surface area contributed by atoms with Gasteiger partial charge in [0.15, 0.2) is 0 Å². The zero-order valence-electron chi connectivity index (χ0n) is 11.7. The molecule has 20 heavy (non-hydrogen) atoms. The monoisotopic (exact) mass is 280 g/mol. The lowest BCUT2D eigenvalue weighted by molar-refractivity contribution is 0.0698. The van der Waals surface area contributed by atoms with Gasteiger partial charge in [-0.15, -0.1) is 0 Å². The molecule has 1 aromatic rings. The topological polar surface area (TPSA) is 66.6 Å². The van der Waals surface area contributed by atoms with Crippen molar-refractivity contribution >= 4 is 17.3 Å². The number of nitrogen functional groups attached to an aromatic ring is 1. The fourth-order valence-electron chi connectivity index (χ4n) is 2.94. The molecule has 0 atom stereocenters. The minimum absolute atomic E-state index is 0.128. The lowest BCUT2D eigenvalue weighted by Crippen LogP contribution is -2.32. The summed E-state index contributed by atoms with van der Waals surface area (Å²) in [5.74, 6) is -1.86. The summed E-state index contributed by atoms with van der Waals surface area (Å²) in [7, 11) is 1.87. The van der Waals surface area contributed by atoms with Crippen LogP contribution in [0.25, 0.3) is 0 Å². The highest BCUT2D eigenvalue weighted by Crippen LogP contribution is 2.32. The summed E-state index contributed by atoms with van der Waals surface area (Å²) in [6.45, 7) is 0. The molecule has 0 radical (unpaired) electrons. The Morgan fingerprint density at radius 2 is 1.90 bits per heavy atom. The molecule has 0 spiro atoms. The number of hydrogen-bond donors (Lipinski definition) is 2. The third-order valence-electron chi connectivity index (χ3n) is 4.14. The maximum Gasteiger partial charge on any atom is 0.340 e. The number of halogens is 1. The number of nitrogens with zero attached hydrogens (tertiary/aromatic N) is 1. The Bertz CT molecular complexity index is 497. The highest BCUT2D eigenvalue weighted by atomic mass is 19.1. The van der Waals surface area contributed by atoms with E-state index in [4.69, 9.17) is 5.73 Å². The number of aromatic carboxylic acids is 1. The SMILES string of the molecule is CN(c1ccc(F)c(N)c1C(=O)O)C1CCCCCC1. The second kappa shape index (κ2) is 6.11. The van der Waals surface area contributed by atoms with Gasteiger partial charge in [-0.25, -0.2) is 9.18 Å². The van der Waals surface area contributed by atoms with E-state index in [1.807, 2.05) is 11.9 Å². The van der Waals surface area contributed by atoms with Crippen LogP contribution in [0.3, 0.4) is 0 Å². The second-order valence-electron chi connectivity index (χ2n) is 5.42. The van der Waals surface area contributed by atoms with E-state index < -0.39 is 11.8 Å². The molecule has 0 bridgehead atoms. The van der Waals surface area contributed by atoms with E-state index in [0.717, 1.165) is 25.7 Å². The number of carboxylic acid groups (broad SMARTS) is 1. The van der Waals surface area contributed by atoms with Gasteiger partial charge in [0, 0.05) is 13.1 Å². The summed E-state index contributed by atoms with van der Waals surface area (Å²) < 4.78 is 13.5. The van der Waals surface area contributed by atoms with Crippen LogP contribution in [0, 0.1) is 5.82 Å². The maximum atomic E-state index is 13.5. The summed E-state index contributed by atoms with van der Waals surface area (Å²) in [6, 6.07) is 3.05. The molecular formula is C15H21FN2O2. The summed E-state index contributed by atoms with van der Waals surface area (Å²) in [4.78, 5) is 13.3. The van der Waals surface area contributed by atoms with E-state index in [0.29, 0.717) is 11.7 Å². The minimum atomic E-state index is -1.18. The normalized spacial score (nSPS) is 16.7. The standard InChI is InChI=1S/C15H21FN2O2/c1-18(10-6-4-2-3-5-7-10)12-9-8-11(16)14(17)13(12)15(19)20/h8-10H,2-7,17H2,1H3,(H,19,20). The smallest absolute Gasteiger partial charge is 0.340 e. The molecule has 1 saturated carbocycles. The first kappa shape index (κ1) is 14.6. The average Bonchev–Trinajstić information content (AvgIpc) is 2.69. The van der Waals surface area contributed by atoms with Crippen molar-refractivity contribution in [2.24, 2.45) is 0 Å². The third-order valence-corrected chi connectivity index (χ3v) is 4.14. The third kappa shape index (κ3) is 2.86. The van der Waals surface area contributed by atoms with E-state index in [-0.39, 0.29) is 11.3 Å². The van der Waals surface area contributed by atoms with Crippen LogP contribution in [-0.2, 0) is 0 Å². The van der Waals surface area contributed by atoms with Crippen LogP contribution in [-0.4, -0.2) is 24.2 Å². The summed E-state index contributed by atoms with van der Waals surface area (Å²) >= 11 is 0. The van der Waals surface area contributed by atoms with Gasteiger partial charge in [0.2, 0.25) is 0 Å². The van der Waals surface area contributed by atoms with Gasteiger partial charge in [0.25, 0.3) is 0 Å². The molecule has 3 N–H and O–H groups in total. The van der Waals surface area contributed by atoms with Crippen LogP contribution >= 0.6 is 0 Å². The lowest BCUT2D eigenvalue weighted by Gasteiger charge is -2.30. The summed E-state index contributed by atoms with van der Waals surface area (Å²) in [5, 5.41) is 9.30. The summed E-state index contributed by atoms with van der Waals surface area (Å²) in [6.07, 6.45) is 6.81. The Kier molecular flexibility index (Phi) is 4.47. The maximum absolute atomic E-state index is 13.5. The van der Waals surface area contributed by atoms with Crippen LogP contribution in [0.4, 0.5) is 15.8 Å². The Labute approximate surface area is 118 Å². The van der Waals surface area contributed by atoms with Gasteiger partial charge in [0.1, 0.15) is 11.4 Å². The summed E-state index contributed by atoms with van der Waals surface area (Å²) in [5.41, 5.74) is 5.69. The van der Waals surface area contributed by atoms with Crippen molar-refractivity contribution in [3.8, 4) is 0 Å². The molecule has 0 aromatic heterocycles. The Hall–Kier alpha value is -1.78. The molecule has 0 unspecified atom stereocenters. The highest BCUT2D eigenvalue weighted by Gasteiger charge is 2.24. The van der Waals surface area contributed by atoms with Crippen molar-refractivity contribution in [2.75, 3.05) is 17.7 Å². The molecule has 2 rings (SSSR count). The molecule has 0 amide bonds. The first-order chi connectivity index (χ1) is 9.52. The number of benzene rings is 1. The zero-order chi connectivity index (χ0) is 14.7. The largest absolute Gasteiger partial charge is 0.478 e. The average molecular weight is 280 g/mol. The Morgan fingerprint density at radius 1 is 1.30 bits per heavy atom. The molecule has 5 heteroatoms. The van der Waals surface area contributed by atoms with Crippen LogP contribution in [0.15, 0.2) is 12.1 Å². The molecule has 4 nitrogen and oxygen atoms in total. The van der Waals surface area contributed by atoms with Crippen molar-refractivity contribution in [2.45, 2.75) is 44.6 Å². The van der Waals surface area contributed by atoms with Crippen LogP contribution in [0.5, 0.6) is 0 Å². The first-order valence-electron chi connectivity index (χ1n) is 7.06. The van der Waals surface area contributed by atoms with E-state index in [9.17, 15) is 14.3 Å². The van der Waals surface area contributed by atoms with Crippen LogP contribution in [0.2, 0.25) is 0 Å². The van der Waals surface area contributed by atoms with Gasteiger partial charge >= 0.3 is 5.97 Å². The van der Waals surface area contributed by atoms with E-state index in [1.165, 1.54) is 25.0 Å². The molecule has 1 aliphatic rings. The Morgan fingerprint density at radius 3 is 2.45 bits per heavy atom. The number of rotatable bonds is 3. The molecule has 1 fully saturated rings. The van der Waals surface area contributed by atoms with Gasteiger partial charge < -0.3 is 15.7 Å². The van der Waals surface area contributed by atoms with Crippen molar-refractivity contribution < 1.29 is 14.3 Å². The zero-order valence-corrected chi connectivity index (χ0v) is 11.7. The van der Waals surface area contributed by atoms with Gasteiger partial charge in [-0.1, -0.05) is 25.7 Å². The van der Waals surface area contributed by atoms with Gasteiger partial charge in [-0.2, -0.15) is 0 Å². The number of anilines is 2. The second-order valence-corrected chi connectivity index (χ2v) is 5.42. The molecule has 0 heterocycles. The number of hydrogen-bond acceptors (Lipinski definition) is 3. The fraction of sp³-hybridized carbons (Fsp3) is 0.533. The van der Waals surface area contributed by atoms with Crippen molar-refractivity contribution in [1.29, 1.82) is 0 Å². The number of carbonyl (C=O) groups is 1. The van der Waals surface area contributed by atoms with Crippen molar-refractivity contribution in [3.63, 3.8) is 0 Å². The Balaban J connectivity index is 2.35. The van der Waals surface area contributed by atoms with Gasteiger partial charge in [-0.3, -0.25) is 0 Å². The minimum Gasteiger partial charge on any atom is -0.478 e. The molecular weight excluding hydrogens is 259 g/mol. The van der Waals surface area contributed by atoms with Crippen molar-refractivity contribution in [1.82, 2.24) is 0 Å². The number of carboxylic acids is 1. The van der Waals surface area contributed by atoms with E-state index in [1.54, 1.807) is 0 Å². The number of nitrogens with two attached hydrogens (primary N) is 1. The highest BCUT2D eigenvalue weighted by molar-refractivity contribution is 6.00. The fourth-order valence-corrected chi connectivity index (χ4v) is 2.94. The van der Waals surface area contributed by atoms with Gasteiger partial charge in [0.05, 0.1) is 11.4 Å². The predicted molar refractivity (Wildman–Crippen MR) is 77.7 cm³/mol. The van der Waals surface area contributed by atoms with Crippen LogP contribution in [0.1, 0.15) is 48.9 Å². The first-order valence-corrected chi connectivity index (χ1v) is 7.06. The molecule has 1 aliphatic carbocycles. The molecule has 1 aromatic carbocycles. The van der Waals surface area contributed by atoms with Crippen LogP contribution < -0.4 is 10.6 Å². The van der Waals surface area contributed by atoms with Gasteiger partial charge in [-0.05, 0) is 25.0 Å². The van der Waals surface area contributed by atoms with E-state index in [2.05, 4.69) is 0 Å². The molecule has 0 aliphatic heterocycles. The predicted octanol–water partition coefficient (Wildman–Crippen LogP) is 3.27. The quantitative estimate of drug-likeness (QED) is 0.658. The molecule has 110 valence electrons. The lowest BCUT2D eigenvalue weighted by atomic mass is 10.0. The van der Waals surface area contributed by atoms with Crippen molar-refractivity contribution in [3.05, 3.63) is 23.5 Å². The van der Waals surface area contributed by atoms with E-state index >= 15 is 0 Å².